The van der Waals surface area contributed by atoms with Crippen LogP contribution in [0.15, 0.2) is 0 Å². The van der Waals surface area contributed by atoms with Crippen molar-refractivity contribution in [1.29, 1.82) is 5.26 Å². The normalized spacial score (nSPS) is 26.5. The lowest BCUT2D eigenvalue weighted by Gasteiger charge is -2.26. The molecular formula is C13H23NO. The summed E-state index contributed by atoms with van der Waals surface area (Å²) in [7, 11) is 0. The third kappa shape index (κ3) is 4.66. The molecule has 86 valence electrons. The van der Waals surface area contributed by atoms with Crippen LogP contribution in [0.4, 0.5) is 0 Å². The molecular weight excluding hydrogens is 186 g/mol. The summed E-state index contributed by atoms with van der Waals surface area (Å²) in [6.07, 6.45) is 7.12. The van der Waals surface area contributed by atoms with Gasteiger partial charge in [0.05, 0.1) is 18.1 Å². The molecule has 2 atom stereocenters. The topological polar surface area (TPSA) is 33.0 Å². The van der Waals surface area contributed by atoms with Crippen molar-refractivity contribution in [2.45, 2.75) is 58.5 Å². The molecule has 1 aliphatic carbocycles. The first-order valence-electron chi connectivity index (χ1n) is 6.25. The van der Waals surface area contributed by atoms with E-state index < -0.39 is 0 Å². The van der Waals surface area contributed by atoms with Crippen molar-refractivity contribution in [3.8, 4) is 6.07 Å². The maximum Gasteiger partial charge on any atom is 0.0733 e. The van der Waals surface area contributed by atoms with Gasteiger partial charge < -0.3 is 4.74 Å². The first-order valence-corrected chi connectivity index (χ1v) is 6.25. The number of hydrogen-bond acceptors (Lipinski definition) is 2. The molecule has 2 unspecified atom stereocenters. The van der Waals surface area contributed by atoms with Crippen molar-refractivity contribution in [1.82, 2.24) is 0 Å². The number of ether oxygens (including phenoxy) is 1. The van der Waals surface area contributed by atoms with E-state index in [0.717, 1.165) is 31.8 Å². The minimum atomic E-state index is 0.151. The van der Waals surface area contributed by atoms with Gasteiger partial charge in [-0.1, -0.05) is 26.7 Å². The zero-order valence-electron chi connectivity index (χ0n) is 10.0. The third-order valence-electron chi connectivity index (χ3n) is 3.13. The Labute approximate surface area is 93.6 Å². The minimum absolute atomic E-state index is 0.151. The predicted octanol–water partition coefficient (Wildman–Crippen LogP) is 3.52. The molecule has 0 saturated heterocycles. The van der Waals surface area contributed by atoms with Gasteiger partial charge in [-0.3, -0.25) is 0 Å². The lowest BCUT2D eigenvalue weighted by molar-refractivity contribution is 0.00344. The van der Waals surface area contributed by atoms with Gasteiger partial charge in [0.1, 0.15) is 0 Å². The molecule has 0 aromatic rings. The summed E-state index contributed by atoms with van der Waals surface area (Å²) in [5, 5.41) is 8.98. The lowest BCUT2D eigenvalue weighted by atomic mass is 9.87. The van der Waals surface area contributed by atoms with Crippen LogP contribution >= 0.6 is 0 Å². The van der Waals surface area contributed by atoms with Gasteiger partial charge in [0.2, 0.25) is 0 Å². The number of nitrogens with zero attached hydrogens (tertiary/aromatic N) is 1. The highest BCUT2D eigenvalue weighted by Crippen LogP contribution is 2.26. The summed E-state index contributed by atoms with van der Waals surface area (Å²) in [6, 6.07) is 2.38. The quantitative estimate of drug-likeness (QED) is 0.649. The van der Waals surface area contributed by atoms with Crippen LogP contribution in [0.25, 0.3) is 0 Å². The van der Waals surface area contributed by atoms with Gasteiger partial charge in [-0.15, -0.1) is 0 Å². The molecule has 1 fully saturated rings. The predicted molar refractivity (Wildman–Crippen MR) is 61.4 cm³/mol. The van der Waals surface area contributed by atoms with Gasteiger partial charge in [0.15, 0.2) is 0 Å². The van der Waals surface area contributed by atoms with E-state index in [1.165, 1.54) is 19.3 Å². The zero-order chi connectivity index (χ0) is 11.1. The molecule has 2 heteroatoms. The molecule has 0 aromatic carbocycles. The molecule has 1 rings (SSSR count). The van der Waals surface area contributed by atoms with Crippen molar-refractivity contribution in [3.63, 3.8) is 0 Å². The number of rotatable bonds is 5. The summed E-state index contributed by atoms with van der Waals surface area (Å²) < 4.78 is 5.81. The summed E-state index contributed by atoms with van der Waals surface area (Å²) in [4.78, 5) is 0. The average Bonchev–Trinajstić information content (AvgIpc) is 2.24. The molecule has 1 saturated carbocycles. The Hall–Kier alpha value is -0.550. The maximum atomic E-state index is 8.98. The summed E-state index contributed by atoms with van der Waals surface area (Å²) in [6.45, 7) is 5.30. The van der Waals surface area contributed by atoms with E-state index in [0.29, 0.717) is 0 Å². The van der Waals surface area contributed by atoms with Crippen molar-refractivity contribution in [2.24, 2.45) is 11.8 Å². The smallest absolute Gasteiger partial charge is 0.0733 e. The van der Waals surface area contributed by atoms with Gasteiger partial charge in [-0.2, -0.15) is 5.26 Å². The molecule has 0 heterocycles. The lowest BCUT2D eigenvalue weighted by Crippen LogP contribution is -2.27. The fourth-order valence-corrected chi connectivity index (χ4v) is 2.17. The van der Waals surface area contributed by atoms with Crippen LogP contribution in [0.5, 0.6) is 0 Å². The van der Waals surface area contributed by atoms with Crippen LogP contribution in [0.2, 0.25) is 0 Å². The van der Waals surface area contributed by atoms with E-state index in [4.69, 9.17) is 10.00 Å². The van der Waals surface area contributed by atoms with Crippen molar-refractivity contribution in [2.75, 3.05) is 6.61 Å². The summed E-state index contributed by atoms with van der Waals surface area (Å²) >= 11 is 0. The van der Waals surface area contributed by atoms with Crippen LogP contribution in [-0.4, -0.2) is 12.7 Å². The molecule has 0 aromatic heterocycles. The van der Waals surface area contributed by atoms with E-state index in [-0.39, 0.29) is 12.0 Å². The highest BCUT2D eigenvalue weighted by Gasteiger charge is 2.25. The molecule has 0 amide bonds. The number of nitriles is 1. The van der Waals surface area contributed by atoms with E-state index in [1.807, 2.05) is 0 Å². The second-order valence-electron chi connectivity index (χ2n) is 4.97. The minimum Gasteiger partial charge on any atom is -0.377 e. The fraction of sp³-hybridized carbons (Fsp3) is 0.923. The largest absolute Gasteiger partial charge is 0.377 e. The first kappa shape index (κ1) is 12.5. The van der Waals surface area contributed by atoms with Gasteiger partial charge >= 0.3 is 0 Å². The van der Waals surface area contributed by atoms with Gasteiger partial charge in [0.25, 0.3) is 0 Å². The summed E-state index contributed by atoms with van der Waals surface area (Å²) in [5.41, 5.74) is 0. The van der Waals surface area contributed by atoms with Gasteiger partial charge in [-0.05, 0) is 31.6 Å². The van der Waals surface area contributed by atoms with E-state index in [9.17, 15) is 0 Å². The van der Waals surface area contributed by atoms with E-state index in [1.54, 1.807) is 0 Å². The van der Waals surface area contributed by atoms with Crippen LogP contribution in [0, 0.1) is 23.2 Å². The second kappa shape index (κ2) is 6.85. The van der Waals surface area contributed by atoms with Crippen molar-refractivity contribution < 1.29 is 4.74 Å². The maximum absolute atomic E-state index is 8.98. The molecule has 0 N–H and O–H groups in total. The molecule has 1 aliphatic rings. The molecule has 15 heavy (non-hydrogen) atoms. The Morgan fingerprint density at radius 3 is 2.73 bits per heavy atom. The van der Waals surface area contributed by atoms with Gasteiger partial charge in [-0.25, -0.2) is 0 Å². The Morgan fingerprint density at radius 1 is 1.33 bits per heavy atom. The average molecular weight is 209 g/mol. The highest BCUT2D eigenvalue weighted by molar-refractivity contribution is 4.91. The monoisotopic (exact) mass is 209 g/mol. The standard InChI is InChI=1S/C13H23NO/c1-11(2)6-5-9-15-13-8-4-3-7-12(13)10-14/h11-13H,3-9H2,1-2H3. The Kier molecular flexibility index (Phi) is 5.71. The molecule has 0 aliphatic heterocycles. The third-order valence-corrected chi connectivity index (χ3v) is 3.13. The van der Waals surface area contributed by atoms with Crippen LogP contribution in [-0.2, 0) is 4.74 Å². The Morgan fingerprint density at radius 2 is 2.07 bits per heavy atom. The Bertz CT molecular complexity index is 207. The highest BCUT2D eigenvalue weighted by atomic mass is 16.5. The first-order chi connectivity index (χ1) is 7.24. The second-order valence-corrected chi connectivity index (χ2v) is 4.97. The van der Waals surface area contributed by atoms with Crippen molar-refractivity contribution in [3.05, 3.63) is 0 Å². The molecule has 0 bridgehead atoms. The zero-order valence-corrected chi connectivity index (χ0v) is 10.0. The van der Waals surface area contributed by atoms with Crippen LogP contribution in [0.1, 0.15) is 52.4 Å². The fourth-order valence-electron chi connectivity index (χ4n) is 2.17. The van der Waals surface area contributed by atoms with Gasteiger partial charge in [0, 0.05) is 6.61 Å². The Balaban J connectivity index is 2.16. The SMILES string of the molecule is CC(C)CCCOC1CCCCC1C#N. The number of hydrogen-bond donors (Lipinski definition) is 0. The van der Waals surface area contributed by atoms with Crippen LogP contribution in [0.3, 0.4) is 0 Å². The molecule has 0 radical (unpaired) electrons. The van der Waals surface area contributed by atoms with E-state index in [2.05, 4.69) is 19.9 Å². The summed E-state index contributed by atoms with van der Waals surface area (Å²) in [5.74, 6) is 0.907. The molecule has 0 spiro atoms. The van der Waals surface area contributed by atoms with Crippen LogP contribution < -0.4 is 0 Å². The van der Waals surface area contributed by atoms with E-state index >= 15 is 0 Å². The molecule has 2 nitrogen and oxygen atoms in total. The van der Waals surface area contributed by atoms with Crippen molar-refractivity contribution >= 4 is 0 Å².